The van der Waals surface area contributed by atoms with Crippen LogP contribution in [0.3, 0.4) is 0 Å². The Balaban J connectivity index is 1.76. The molecule has 0 aromatic heterocycles. The Morgan fingerprint density at radius 3 is 1.81 bits per heavy atom. The maximum absolute atomic E-state index is 5.87. The van der Waals surface area contributed by atoms with Crippen LogP contribution >= 0.6 is 0 Å². The first-order valence-corrected chi connectivity index (χ1v) is 13.2. The van der Waals surface area contributed by atoms with Crippen LogP contribution in [-0.4, -0.2) is 0 Å². The second-order valence-electron chi connectivity index (χ2n) is 9.43. The molecule has 172 valence electrons. The molecule has 1 nitrogen and oxygen atoms in total. The predicted molar refractivity (Wildman–Crippen MR) is 139 cm³/mol. The van der Waals surface area contributed by atoms with Gasteiger partial charge < -0.3 is 5.73 Å². The lowest BCUT2D eigenvalue weighted by atomic mass is 9.85. The van der Waals surface area contributed by atoms with Gasteiger partial charge in [-0.3, -0.25) is 0 Å². The average Bonchev–Trinajstić information content (AvgIpc) is 2.79. The lowest BCUT2D eigenvalue weighted by Crippen LogP contribution is -2.04. The van der Waals surface area contributed by atoms with Crippen LogP contribution in [0.1, 0.15) is 126 Å². The summed E-state index contributed by atoms with van der Waals surface area (Å²) in [5.74, 6) is 0.702. The normalized spacial score (nSPS) is 12.2. The molecule has 0 aliphatic rings. The molecule has 0 bridgehead atoms. The van der Waals surface area contributed by atoms with Crippen molar-refractivity contribution < 1.29 is 0 Å². The fourth-order valence-corrected chi connectivity index (χ4v) is 4.81. The van der Waals surface area contributed by atoms with E-state index in [0.29, 0.717) is 5.92 Å². The molecule has 1 heteroatoms. The fourth-order valence-electron chi connectivity index (χ4n) is 4.81. The zero-order valence-corrected chi connectivity index (χ0v) is 20.4. The molecule has 0 aliphatic carbocycles. The van der Waals surface area contributed by atoms with Crippen LogP contribution < -0.4 is 5.73 Å². The molecule has 1 unspecified atom stereocenters. The van der Waals surface area contributed by atoms with Gasteiger partial charge in [0.15, 0.2) is 0 Å². The van der Waals surface area contributed by atoms with Crippen molar-refractivity contribution in [1.29, 1.82) is 0 Å². The minimum atomic E-state index is 0.702. The number of anilines is 1. The van der Waals surface area contributed by atoms with E-state index in [-0.39, 0.29) is 0 Å². The SMILES string of the molecule is CCCCCCCCCCCCCC(CCC)c1ccccc1Cc1ccc(N)cc1. The van der Waals surface area contributed by atoms with Gasteiger partial charge in [-0.05, 0) is 54.0 Å². The topological polar surface area (TPSA) is 26.0 Å². The third-order valence-electron chi connectivity index (χ3n) is 6.66. The molecule has 0 fully saturated rings. The third-order valence-corrected chi connectivity index (χ3v) is 6.66. The molecule has 2 N–H and O–H groups in total. The van der Waals surface area contributed by atoms with Crippen molar-refractivity contribution in [1.82, 2.24) is 0 Å². The summed E-state index contributed by atoms with van der Waals surface area (Å²) in [4.78, 5) is 0. The van der Waals surface area contributed by atoms with E-state index in [4.69, 9.17) is 5.73 Å². The van der Waals surface area contributed by atoms with Gasteiger partial charge in [0.25, 0.3) is 0 Å². The molecule has 0 aliphatic heterocycles. The van der Waals surface area contributed by atoms with Crippen LogP contribution in [0.5, 0.6) is 0 Å². The van der Waals surface area contributed by atoms with E-state index in [1.165, 1.54) is 101 Å². The molecular formula is C30H47N. The predicted octanol–water partition coefficient (Wildman–Crippen LogP) is 9.44. The maximum Gasteiger partial charge on any atom is 0.0314 e. The summed E-state index contributed by atoms with van der Waals surface area (Å²) in [7, 11) is 0. The highest BCUT2D eigenvalue weighted by molar-refractivity contribution is 5.42. The highest BCUT2D eigenvalue weighted by atomic mass is 14.5. The van der Waals surface area contributed by atoms with Gasteiger partial charge in [-0.1, -0.05) is 127 Å². The second-order valence-corrected chi connectivity index (χ2v) is 9.43. The van der Waals surface area contributed by atoms with E-state index in [2.05, 4.69) is 50.2 Å². The van der Waals surface area contributed by atoms with Crippen molar-refractivity contribution in [2.45, 2.75) is 116 Å². The molecule has 0 heterocycles. The zero-order valence-electron chi connectivity index (χ0n) is 20.4. The van der Waals surface area contributed by atoms with E-state index >= 15 is 0 Å². The van der Waals surface area contributed by atoms with Crippen LogP contribution in [0.4, 0.5) is 5.69 Å². The number of nitrogen functional groups attached to an aromatic ring is 1. The molecular weight excluding hydrogens is 374 g/mol. The summed E-state index contributed by atoms with van der Waals surface area (Å²) >= 11 is 0. The molecule has 0 amide bonds. The summed E-state index contributed by atoms with van der Waals surface area (Å²) < 4.78 is 0. The van der Waals surface area contributed by atoms with E-state index in [0.717, 1.165) is 12.1 Å². The van der Waals surface area contributed by atoms with Gasteiger partial charge in [0.2, 0.25) is 0 Å². The minimum Gasteiger partial charge on any atom is -0.399 e. The molecule has 0 spiro atoms. The summed E-state index contributed by atoms with van der Waals surface area (Å²) in [6.45, 7) is 4.62. The van der Waals surface area contributed by atoms with Crippen LogP contribution in [0.2, 0.25) is 0 Å². The summed E-state index contributed by atoms with van der Waals surface area (Å²) in [5.41, 5.74) is 11.1. The van der Waals surface area contributed by atoms with E-state index in [1.807, 2.05) is 12.1 Å². The maximum atomic E-state index is 5.87. The van der Waals surface area contributed by atoms with Crippen molar-refractivity contribution in [3.05, 3.63) is 65.2 Å². The van der Waals surface area contributed by atoms with Crippen molar-refractivity contribution in [2.75, 3.05) is 5.73 Å². The monoisotopic (exact) mass is 421 g/mol. The lowest BCUT2D eigenvalue weighted by molar-refractivity contribution is 0.502. The van der Waals surface area contributed by atoms with Crippen molar-refractivity contribution >= 4 is 5.69 Å². The van der Waals surface area contributed by atoms with Crippen molar-refractivity contribution in [3.8, 4) is 0 Å². The van der Waals surface area contributed by atoms with Crippen molar-refractivity contribution in [2.24, 2.45) is 0 Å². The molecule has 2 aromatic rings. The van der Waals surface area contributed by atoms with Gasteiger partial charge in [-0.15, -0.1) is 0 Å². The quantitative estimate of drug-likeness (QED) is 0.200. The molecule has 2 aromatic carbocycles. The van der Waals surface area contributed by atoms with Crippen LogP contribution in [-0.2, 0) is 6.42 Å². The van der Waals surface area contributed by atoms with Gasteiger partial charge in [-0.2, -0.15) is 0 Å². The van der Waals surface area contributed by atoms with Gasteiger partial charge >= 0.3 is 0 Å². The molecule has 2 rings (SSSR count). The Hall–Kier alpha value is -1.76. The molecule has 1 atom stereocenters. The summed E-state index contributed by atoms with van der Waals surface area (Å²) in [6.07, 6.45) is 20.5. The summed E-state index contributed by atoms with van der Waals surface area (Å²) in [6, 6.07) is 17.5. The minimum absolute atomic E-state index is 0.702. The largest absolute Gasteiger partial charge is 0.399 e. The Morgan fingerprint density at radius 1 is 0.613 bits per heavy atom. The van der Waals surface area contributed by atoms with E-state index in [1.54, 1.807) is 5.56 Å². The lowest BCUT2D eigenvalue weighted by Gasteiger charge is -2.20. The van der Waals surface area contributed by atoms with E-state index in [9.17, 15) is 0 Å². The van der Waals surface area contributed by atoms with Gasteiger partial charge in [0.1, 0.15) is 0 Å². The van der Waals surface area contributed by atoms with Gasteiger partial charge in [-0.25, -0.2) is 0 Å². The van der Waals surface area contributed by atoms with E-state index < -0.39 is 0 Å². The first-order chi connectivity index (χ1) is 15.2. The smallest absolute Gasteiger partial charge is 0.0314 e. The van der Waals surface area contributed by atoms with Crippen LogP contribution in [0, 0.1) is 0 Å². The molecule has 31 heavy (non-hydrogen) atoms. The Kier molecular flexibility index (Phi) is 13.1. The molecule has 0 radical (unpaired) electrons. The Labute approximate surface area is 192 Å². The number of unbranched alkanes of at least 4 members (excludes halogenated alkanes) is 10. The third kappa shape index (κ3) is 10.4. The molecule has 0 saturated carbocycles. The highest BCUT2D eigenvalue weighted by Gasteiger charge is 2.14. The fraction of sp³-hybridized carbons (Fsp3) is 0.600. The second kappa shape index (κ2) is 16.0. The molecule has 0 saturated heterocycles. The number of benzene rings is 2. The number of hydrogen-bond acceptors (Lipinski definition) is 1. The Bertz CT molecular complexity index is 688. The van der Waals surface area contributed by atoms with Crippen LogP contribution in [0.25, 0.3) is 0 Å². The first kappa shape index (κ1) is 25.5. The van der Waals surface area contributed by atoms with Gasteiger partial charge in [0, 0.05) is 5.69 Å². The van der Waals surface area contributed by atoms with Crippen LogP contribution in [0.15, 0.2) is 48.5 Å². The average molecular weight is 422 g/mol. The number of nitrogens with two attached hydrogens (primary N) is 1. The summed E-state index contributed by atoms with van der Waals surface area (Å²) in [5, 5.41) is 0. The van der Waals surface area contributed by atoms with Crippen molar-refractivity contribution in [3.63, 3.8) is 0 Å². The zero-order chi connectivity index (χ0) is 22.2. The van der Waals surface area contributed by atoms with Gasteiger partial charge in [0.05, 0.1) is 0 Å². The standard InChI is InChI=1S/C30H47N/c1-3-5-6-7-8-9-10-11-12-13-14-18-27(17-4-2)30-20-16-15-19-28(30)25-26-21-23-29(31)24-22-26/h15-16,19-24,27H,3-14,17-18,25,31H2,1-2H3. The highest BCUT2D eigenvalue weighted by Crippen LogP contribution is 2.31. The first-order valence-electron chi connectivity index (χ1n) is 13.2. The Morgan fingerprint density at radius 2 is 1.19 bits per heavy atom. The number of rotatable bonds is 17. The number of hydrogen-bond donors (Lipinski definition) is 1.